The first-order chi connectivity index (χ1) is 3.66. The van der Waals surface area contributed by atoms with Crippen LogP contribution < -0.4 is 0 Å². The zero-order chi connectivity index (χ0) is 6.57. The highest BCUT2D eigenvalue weighted by molar-refractivity contribution is 7.81. The molecule has 1 atom stereocenters. The normalized spacial score (nSPS) is 13.4. The van der Waals surface area contributed by atoms with Gasteiger partial charge in [-0.15, -0.1) is 0 Å². The van der Waals surface area contributed by atoms with Gasteiger partial charge in [-0.1, -0.05) is 6.92 Å². The minimum atomic E-state index is 0.229. The van der Waals surface area contributed by atoms with Crippen molar-refractivity contribution in [2.75, 3.05) is 0 Å². The smallest absolute Gasteiger partial charge is 0.130 e. The van der Waals surface area contributed by atoms with Gasteiger partial charge in [0, 0.05) is 11.7 Å². The van der Waals surface area contributed by atoms with Crippen LogP contribution in [0.1, 0.15) is 26.7 Å². The lowest BCUT2D eigenvalue weighted by atomic mass is 10.2. The summed E-state index contributed by atoms with van der Waals surface area (Å²) >= 11 is 4.15. The van der Waals surface area contributed by atoms with Gasteiger partial charge in [-0.25, -0.2) is 0 Å². The average molecular weight is 132 g/mol. The second-order valence-corrected chi connectivity index (χ2v) is 2.70. The van der Waals surface area contributed by atoms with Gasteiger partial charge < -0.3 is 0 Å². The van der Waals surface area contributed by atoms with E-state index in [9.17, 15) is 4.79 Å². The molecule has 0 rings (SSSR count). The Morgan fingerprint density at radius 3 is 2.38 bits per heavy atom. The van der Waals surface area contributed by atoms with Crippen molar-refractivity contribution in [3.8, 4) is 0 Å². The molecule has 0 aromatic carbocycles. The summed E-state index contributed by atoms with van der Waals surface area (Å²) in [4.78, 5) is 10.4. The molecule has 1 nitrogen and oxygen atoms in total. The number of hydrogen-bond donors (Lipinski definition) is 1. The van der Waals surface area contributed by atoms with E-state index in [-0.39, 0.29) is 11.0 Å². The molecule has 0 bridgehead atoms. The third-order valence-corrected chi connectivity index (χ3v) is 1.54. The van der Waals surface area contributed by atoms with Gasteiger partial charge in [-0.2, -0.15) is 12.6 Å². The fourth-order valence-electron chi connectivity index (χ4n) is 0.476. The monoisotopic (exact) mass is 132 g/mol. The Morgan fingerprint density at radius 2 is 2.25 bits per heavy atom. The lowest BCUT2D eigenvalue weighted by Gasteiger charge is -2.01. The molecule has 2 heteroatoms. The molecule has 0 N–H and O–H groups in total. The SMILES string of the molecule is CCC(S)CC(C)=O. The lowest BCUT2D eigenvalue weighted by Crippen LogP contribution is -2.02. The summed E-state index contributed by atoms with van der Waals surface area (Å²) in [5, 5.41) is 0.271. The first-order valence-electron chi connectivity index (χ1n) is 2.84. The average Bonchev–Trinajstić information content (AvgIpc) is 1.65. The molecule has 0 aliphatic rings. The van der Waals surface area contributed by atoms with E-state index in [4.69, 9.17) is 0 Å². The van der Waals surface area contributed by atoms with E-state index in [1.54, 1.807) is 6.92 Å². The fourth-order valence-corrected chi connectivity index (χ4v) is 0.733. The van der Waals surface area contributed by atoms with Gasteiger partial charge in [0.15, 0.2) is 0 Å². The second kappa shape index (κ2) is 3.96. The molecular weight excluding hydrogens is 120 g/mol. The first kappa shape index (κ1) is 8.02. The van der Waals surface area contributed by atoms with Crippen LogP contribution in [0, 0.1) is 0 Å². The van der Waals surface area contributed by atoms with E-state index in [0.717, 1.165) is 6.42 Å². The molecule has 48 valence electrons. The number of carbonyl (C=O) groups excluding carboxylic acids is 1. The summed E-state index contributed by atoms with van der Waals surface area (Å²) in [6.07, 6.45) is 1.59. The van der Waals surface area contributed by atoms with Crippen molar-refractivity contribution in [3.63, 3.8) is 0 Å². The number of thiol groups is 1. The molecular formula is C6H12OS. The highest BCUT2D eigenvalue weighted by Gasteiger charge is 2.01. The van der Waals surface area contributed by atoms with E-state index >= 15 is 0 Å². The minimum absolute atomic E-state index is 0.229. The third-order valence-electron chi connectivity index (χ3n) is 0.994. The Balaban J connectivity index is 3.24. The number of rotatable bonds is 3. The predicted molar refractivity (Wildman–Crippen MR) is 38.4 cm³/mol. The Kier molecular flexibility index (Phi) is 3.97. The maximum atomic E-state index is 10.4. The summed E-state index contributed by atoms with van der Waals surface area (Å²) in [6, 6.07) is 0. The van der Waals surface area contributed by atoms with E-state index in [1.165, 1.54) is 0 Å². The van der Waals surface area contributed by atoms with Crippen LogP contribution >= 0.6 is 12.6 Å². The lowest BCUT2D eigenvalue weighted by molar-refractivity contribution is -0.116. The van der Waals surface area contributed by atoms with Gasteiger partial charge in [0.2, 0.25) is 0 Å². The maximum Gasteiger partial charge on any atom is 0.130 e. The van der Waals surface area contributed by atoms with Gasteiger partial charge in [0.25, 0.3) is 0 Å². The quantitative estimate of drug-likeness (QED) is 0.578. The Labute approximate surface area is 55.9 Å². The van der Waals surface area contributed by atoms with Crippen molar-refractivity contribution in [1.82, 2.24) is 0 Å². The van der Waals surface area contributed by atoms with Crippen LogP contribution in [0.4, 0.5) is 0 Å². The number of ketones is 1. The molecule has 1 unspecified atom stereocenters. The number of carbonyl (C=O) groups is 1. The van der Waals surface area contributed by atoms with Crippen molar-refractivity contribution in [2.24, 2.45) is 0 Å². The van der Waals surface area contributed by atoms with Gasteiger partial charge in [-0.05, 0) is 13.3 Å². The Hall–Kier alpha value is 0.0200. The molecule has 0 heterocycles. The van der Waals surface area contributed by atoms with Crippen LogP contribution in [-0.4, -0.2) is 11.0 Å². The van der Waals surface area contributed by atoms with Crippen molar-refractivity contribution in [3.05, 3.63) is 0 Å². The molecule has 8 heavy (non-hydrogen) atoms. The van der Waals surface area contributed by atoms with Crippen LogP contribution in [0.25, 0.3) is 0 Å². The first-order valence-corrected chi connectivity index (χ1v) is 3.36. The van der Waals surface area contributed by atoms with Crippen LogP contribution in [0.2, 0.25) is 0 Å². The van der Waals surface area contributed by atoms with E-state index in [1.807, 2.05) is 6.92 Å². The van der Waals surface area contributed by atoms with Crippen molar-refractivity contribution in [2.45, 2.75) is 31.9 Å². The molecule has 0 saturated heterocycles. The third kappa shape index (κ3) is 4.19. The van der Waals surface area contributed by atoms with Crippen LogP contribution in [0.5, 0.6) is 0 Å². The summed E-state index contributed by atoms with van der Waals surface area (Å²) in [5.41, 5.74) is 0. The molecule has 0 amide bonds. The minimum Gasteiger partial charge on any atom is -0.300 e. The van der Waals surface area contributed by atoms with Gasteiger partial charge in [0.05, 0.1) is 0 Å². The highest BCUT2D eigenvalue weighted by atomic mass is 32.1. The van der Waals surface area contributed by atoms with Gasteiger partial charge in [0.1, 0.15) is 5.78 Å². The molecule has 0 radical (unpaired) electrons. The van der Waals surface area contributed by atoms with Gasteiger partial charge in [-0.3, -0.25) is 4.79 Å². The largest absolute Gasteiger partial charge is 0.300 e. The second-order valence-electron chi connectivity index (χ2n) is 1.97. The molecule has 0 spiro atoms. The topological polar surface area (TPSA) is 17.1 Å². The summed E-state index contributed by atoms with van der Waals surface area (Å²) < 4.78 is 0. The zero-order valence-electron chi connectivity index (χ0n) is 5.35. The molecule has 0 aromatic heterocycles. The predicted octanol–water partition coefficient (Wildman–Crippen LogP) is 1.67. The number of Topliss-reactive ketones (excluding diaryl/α,β-unsaturated/α-hetero) is 1. The highest BCUT2D eigenvalue weighted by Crippen LogP contribution is 2.04. The summed E-state index contributed by atoms with van der Waals surface area (Å²) in [5.74, 6) is 0.229. The standard InChI is InChI=1S/C6H12OS/c1-3-6(8)4-5(2)7/h6,8H,3-4H2,1-2H3. The Bertz CT molecular complexity index is 80.6. The van der Waals surface area contributed by atoms with Crippen LogP contribution in [0.15, 0.2) is 0 Å². The van der Waals surface area contributed by atoms with E-state index < -0.39 is 0 Å². The molecule has 0 aliphatic heterocycles. The van der Waals surface area contributed by atoms with Crippen molar-refractivity contribution in [1.29, 1.82) is 0 Å². The summed E-state index contributed by atoms with van der Waals surface area (Å²) in [6.45, 7) is 3.62. The number of hydrogen-bond acceptors (Lipinski definition) is 2. The molecule has 0 saturated carbocycles. The van der Waals surface area contributed by atoms with Crippen molar-refractivity contribution >= 4 is 18.4 Å². The maximum absolute atomic E-state index is 10.4. The van der Waals surface area contributed by atoms with Crippen LogP contribution in [0.3, 0.4) is 0 Å². The van der Waals surface area contributed by atoms with E-state index in [0.29, 0.717) is 6.42 Å². The molecule has 0 aromatic rings. The fraction of sp³-hybridized carbons (Fsp3) is 0.833. The van der Waals surface area contributed by atoms with Crippen LogP contribution in [-0.2, 0) is 4.79 Å². The molecule has 0 aliphatic carbocycles. The van der Waals surface area contributed by atoms with Crippen molar-refractivity contribution < 1.29 is 4.79 Å². The zero-order valence-corrected chi connectivity index (χ0v) is 6.24. The summed E-state index contributed by atoms with van der Waals surface area (Å²) in [7, 11) is 0. The Morgan fingerprint density at radius 1 is 1.75 bits per heavy atom. The van der Waals surface area contributed by atoms with Gasteiger partial charge >= 0.3 is 0 Å². The molecule has 0 fully saturated rings. The van der Waals surface area contributed by atoms with E-state index in [2.05, 4.69) is 12.6 Å².